The number of piperidine rings is 1. The molecule has 3 aromatic rings. The van der Waals surface area contributed by atoms with Crippen molar-refractivity contribution in [3.8, 4) is 11.4 Å². The first-order valence-corrected chi connectivity index (χ1v) is 8.53. The van der Waals surface area contributed by atoms with Crippen molar-refractivity contribution in [3.63, 3.8) is 0 Å². The molecule has 0 amide bonds. The van der Waals surface area contributed by atoms with Gasteiger partial charge in [0.2, 0.25) is 11.7 Å². The molecule has 1 aliphatic rings. The van der Waals surface area contributed by atoms with E-state index in [1.54, 1.807) is 18.3 Å². The Bertz CT molecular complexity index is 868. The average molecular weight is 359 g/mol. The Kier molecular flexibility index (Phi) is 4.36. The number of halogens is 2. The maximum absolute atomic E-state index is 13.0. The summed E-state index contributed by atoms with van der Waals surface area (Å²) in [7, 11) is 0. The van der Waals surface area contributed by atoms with Gasteiger partial charge in [0, 0.05) is 30.5 Å². The molecule has 3 heterocycles. The molecular weight excluding hydrogens is 343 g/mol. The van der Waals surface area contributed by atoms with Crippen LogP contribution in [0.1, 0.15) is 24.7 Å². The largest absolute Gasteiger partial charge is 0.371 e. The molecule has 0 N–H and O–H groups in total. The van der Waals surface area contributed by atoms with Gasteiger partial charge in [0.15, 0.2) is 0 Å². The van der Waals surface area contributed by atoms with Crippen LogP contribution in [0.25, 0.3) is 11.4 Å². The number of pyridine rings is 1. The van der Waals surface area contributed by atoms with E-state index in [1.165, 1.54) is 12.1 Å². The lowest BCUT2D eigenvalue weighted by atomic mass is 9.97. The van der Waals surface area contributed by atoms with Crippen molar-refractivity contribution in [2.24, 2.45) is 0 Å². The maximum atomic E-state index is 13.0. The smallest absolute Gasteiger partial charge is 0.231 e. The van der Waals surface area contributed by atoms with Gasteiger partial charge in [-0.25, -0.2) is 9.37 Å². The molecule has 7 heteroatoms. The Hall–Kier alpha value is -2.47. The van der Waals surface area contributed by atoms with Crippen LogP contribution in [0.3, 0.4) is 0 Å². The van der Waals surface area contributed by atoms with E-state index in [9.17, 15) is 4.39 Å². The molecule has 0 bridgehead atoms. The van der Waals surface area contributed by atoms with Gasteiger partial charge in [-0.2, -0.15) is 4.98 Å². The molecular formula is C18H16ClFN4O. The molecule has 1 aliphatic heterocycles. The number of hydrogen-bond donors (Lipinski definition) is 0. The predicted octanol–water partition coefficient (Wildman–Crippen LogP) is 4.31. The lowest BCUT2D eigenvalue weighted by molar-refractivity contribution is 0.333. The summed E-state index contributed by atoms with van der Waals surface area (Å²) < 4.78 is 18.5. The van der Waals surface area contributed by atoms with Gasteiger partial charge in [-0.15, -0.1) is 0 Å². The van der Waals surface area contributed by atoms with Crippen molar-refractivity contribution in [2.75, 3.05) is 18.0 Å². The lowest BCUT2D eigenvalue weighted by Crippen LogP contribution is -2.34. The van der Waals surface area contributed by atoms with Gasteiger partial charge in [0.1, 0.15) is 11.0 Å². The highest BCUT2D eigenvalue weighted by molar-refractivity contribution is 6.29. The Morgan fingerprint density at radius 3 is 2.84 bits per heavy atom. The van der Waals surface area contributed by atoms with E-state index in [-0.39, 0.29) is 11.7 Å². The summed E-state index contributed by atoms with van der Waals surface area (Å²) in [6, 6.07) is 9.89. The van der Waals surface area contributed by atoms with Crippen molar-refractivity contribution < 1.29 is 8.91 Å². The topological polar surface area (TPSA) is 55.1 Å². The highest BCUT2D eigenvalue weighted by Crippen LogP contribution is 2.30. The third-order valence-corrected chi connectivity index (χ3v) is 4.60. The Balaban J connectivity index is 1.53. The Labute approximate surface area is 149 Å². The van der Waals surface area contributed by atoms with Crippen LogP contribution in [0.2, 0.25) is 5.15 Å². The van der Waals surface area contributed by atoms with Gasteiger partial charge in [0.25, 0.3) is 0 Å². The third-order valence-electron chi connectivity index (χ3n) is 4.39. The SMILES string of the molecule is Fc1ccc(-c2noc(C3CCCN(c4ccnc(Cl)c4)C3)n2)cc1. The van der Waals surface area contributed by atoms with Gasteiger partial charge in [-0.3, -0.25) is 0 Å². The Morgan fingerprint density at radius 1 is 1.20 bits per heavy atom. The number of rotatable bonds is 3. The fraction of sp³-hybridized carbons (Fsp3) is 0.278. The van der Waals surface area contributed by atoms with Crippen LogP contribution in [0.5, 0.6) is 0 Å². The molecule has 4 rings (SSSR count). The van der Waals surface area contributed by atoms with E-state index in [0.29, 0.717) is 16.9 Å². The molecule has 1 unspecified atom stereocenters. The van der Waals surface area contributed by atoms with Crippen LogP contribution in [0, 0.1) is 5.82 Å². The molecule has 2 aromatic heterocycles. The van der Waals surface area contributed by atoms with E-state index < -0.39 is 0 Å². The maximum Gasteiger partial charge on any atom is 0.231 e. The van der Waals surface area contributed by atoms with Crippen LogP contribution < -0.4 is 4.90 Å². The summed E-state index contributed by atoms with van der Waals surface area (Å²) in [6.45, 7) is 1.74. The van der Waals surface area contributed by atoms with Crippen LogP contribution in [0.4, 0.5) is 10.1 Å². The first-order valence-electron chi connectivity index (χ1n) is 8.15. The van der Waals surface area contributed by atoms with Gasteiger partial charge in [-0.05, 0) is 49.2 Å². The molecule has 0 radical (unpaired) electrons. The molecule has 0 aliphatic carbocycles. The standard InChI is InChI=1S/C18H16ClFN4O/c19-16-10-15(7-8-21-16)24-9-1-2-13(11-24)18-22-17(23-25-18)12-3-5-14(20)6-4-12/h3-8,10,13H,1-2,9,11H2. The van der Waals surface area contributed by atoms with Crippen LogP contribution in [-0.4, -0.2) is 28.2 Å². The summed E-state index contributed by atoms with van der Waals surface area (Å²) in [6.07, 6.45) is 3.72. The van der Waals surface area contributed by atoms with Crippen LogP contribution in [0.15, 0.2) is 47.1 Å². The average Bonchev–Trinajstić information content (AvgIpc) is 3.13. The van der Waals surface area contributed by atoms with E-state index in [1.807, 2.05) is 12.1 Å². The van der Waals surface area contributed by atoms with Crippen molar-refractivity contribution in [1.29, 1.82) is 0 Å². The van der Waals surface area contributed by atoms with Crippen molar-refractivity contribution >= 4 is 17.3 Å². The fourth-order valence-corrected chi connectivity index (χ4v) is 3.29. The van der Waals surface area contributed by atoms with Crippen molar-refractivity contribution in [3.05, 3.63) is 59.5 Å². The quantitative estimate of drug-likeness (QED) is 0.653. The minimum atomic E-state index is -0.286. The monoisotopic (exact) mass is 358 g/mol. The van der Waals surface area contributed by atoms with Gasteiger partial charge >= 0.3 is 0 Å². The van der Waals surface area contributed by atoms with Gasteiger partial charge in [-0.1, -0.05) is 16.8 Å². The molecule has 1 saturated heterocycles. The summed E-state index contributed by atoms with van der Waals surface area (Å²) >= 11 is 5.99. The second-order valence-electron chi connectivity index (χ2n) is 6.09. The van der Waals surface area contributed by atoms with E-state index in [0.717, 1.165) is 37.2 Å². The summed E-state index contributed by atoms with van der Waals surface area (Å²) in [5.74, 6) is 0.969. The zero-order valence-electron chi connectivity index (χ0n) is 13.4. The van der Waals surface area contributed by atoms with Crippen molar-refractivity contribution in [1.82, 2.24) is 15.1 Å². The van der Waals surface area contributed by atoms with Gasteiger partial charge in [0.05, 0.1) is 5.92 Å². The summed E-state index contributed by atoms with van der Waals surface area (Å²) in [5, 5.41) is 4.53. The first-order chi connectivity index (χ1) is 12.2. The van der Waals surface area contributed by atoms with Crippen LogP contribution in [-0.2, 0) is 0 Å². The molecule has 5 nitrogen and oxygen atoms in total. The number of aromatic nitrogens is 3. The number of benzene rings is 1. The normalized spacial score (nSPS) is 17.7. The second kappa shape index (κ2) is 6.80. The van der Waals surface area contributed by atoms with Gasteiger partial charge < -0.3 is 9.42 Å². The zero-order valence-corrected chi connectivity index (χ0v) is 14.2. The van der Waals surface area contributed by atoms with Crippen LogP contribution >= 0.6 is 11.6 Å². The third kappa shape index (κ3) is 3.49. The molecule has 0 spiro atoms. The zero-order chi connectivity index (χ0) is 17.2. The van der Waals surface area contributed by atoms with E-state index in [2.05, 4.69) is 20.0 Å². The molecule has 1 atom stereocenters. The number of anilines is 1. The second-order valence-corrected chi connectivity index (χ2v) is 6.47. The fourth-order valence-electron chi connectivity index (χ4n) is 3.12. The highest BCUT2D eigenvalue weighted by atomic mass is 35.5. The molecule has 1 aromatic carbocycles. The molecule has 0 saturated carbocycles. The van der Waals surface area contributed by atoms with E-state index in [4.69, 9.17) is 16.1 Å². The summed E-state index contributed by atoms with van der Waals surface area (Å²) in [4.78, 5) is 10.8. The summed E-state index contributed by atoms with van der Waals surface area (Å²) in [5.41, 5.74) is 1.79. The molecule has 1 fully saturated rings. The minimum absolute atomic E-state index is 0.155. The minimum Gasteiger partial charge on any atom is -0.371 e. The van der Waals surface area contributed by atoms with Crippen molar-refractivity contribution in [2.45, 2.75) is 18.8 Å². The Morgan fingerprint density at radius 2 is 2.04 bits per heavy atom. The molecule has 25 heavy (non-hydrogen) atoms. The predicted molar refractivity (Wildman–Crippen MR) is 93.1 cm³/mol. The lowest BCUT2D eigenvalue weighted by Gasteiger charge is -2.32. The molecule has 128 valence electrons. The van der Waals surface area contributed by atoms with E-state index >= 15 is 0 Å². The number of hydrogen-bond acceptors (Lipinski definition) is 5. The number of nitrogens with zero attached hydrogens (tertiary/aromatic N) is 4. The highest BCUT2D eigenvalue weighted by Gasteiger charge is 2.26. The first kappa shape index (κ1) is 16.0.